The van der Waals surface area contributed by atoms with Crippen LogP contribution in [0.15, 0.2) is 291 Å². The molecule has 0 amide bonds. The number of para-hydroxylation sites is 8. The van der Waals surface area contributed by atoms with Gasteiger partial charge in [-0.25, -0.2) is 0 Å². The molecule has 90 heavy (non-hydrogen) atoms. The van der Waals surface area contributed by atoms with E-state index in [9.17, 15) is 0 Å². The lowest BCUT2D eigenvalue weighted by Crippen LogP contribution is -2.63. The smallest absolute Gasteiger partial charge is 0.260 e. The van der Waals surface area contributed by atoms with Crippen LogP contribution in [0.4, 0.5) is 62.6 Å². The van der Waals surface area contributed by atoms with Gasteiger partial charge in [0.1, 0.15) is 57.5 Å². The number of benzene rings is 13. The van der Waals surface area contributed by atoms with Crippen molar-refractivity contribution < 1.29 is 23.7 Å². The number of hydrogen-bond donors (Lipinski definition) is 1. The normalized spacial score (nSPS) is 13.1. The monoisotopic (exact) mass is 1150 g/mol. The Bertz CT molecular complexity index is 4680. The summed E-state index contributed by atoms with van der Waals surface area (Å²) in [5, 5.41) is 4.00. The molecule has 6 aliphatic heterocycles. The minimum absolute atomic E-state index is 0.180. The maximum Gasteiger partial charge on any atom is 0.260 e. The first kappa shape index (κ1) is 50.4. The lowest BCUT2D eigenvalue weighted by molar-refractivity contribution is 0.452. The molecular weight excluding hydrogens is 1110 g/mol. The van der Waals surface area contributed by atoms with Crippen LogP contribution < -0.4 is 92.9 Å². The van der Waals surface area contributed by atoms with Crippen molar-refractivity contribution in [2.75, 3.05) is 20.0 Å². The summed E-state index contributed by atoms with van der Waals surface area (Å²) in [7, 11) is 0. The van der Waals surface area contributed by atoms with Crippen LogP contribution in [0.2, 0.25) is 0 Å². The van der Waals surface area contributed by atoms with E-state index in [-0.39, 0.29) is 20.1 Å². The van der Waals surface area contributed by atoms with Gasteiger partial charge < -0.3 is 43.7 Å². The zero-order valence-corrected chi connectivity index (χ0v) is 48.3. The van der Waals surface area contributed by atoms with Gasteiger partial charge in [-0.05, 0) is 129 Å². The number of anilines is 11. The molecule has 0 spiro atoms. The molecule has 0 saturated heterocycles. The number of nitrogens with one attached hydrogen (secondary N) is 1. The van der Waals surface area contributed by atoms with E-state index in [4.69, 9.17) is 23.7 Å². The Morgan fingerprint density at radius 2 is 0.489 bits per heavy atom. The lowest BCUT2D eigenvalue weighted by atomic mass is 9.30. The molecule has 0 fully saturated rings. The van der Waals surface area contributed by atoms with Crippen molar-refractivity contribution in [3.63, 3.8) is 0 Å². The molecule has 13 aromatic rings. The average molecular weight is 1150 g/mol. The molecule has 19 rings (SSSR count). The van der Waals surface area contributed by atoms with Crippen LogP contribution in [-0.4, -0.2) is 20.1 Å². The molecule has 0 radical (unpaired) electrons. The Hall–Kier alpha value is -11.7. The molecule has 12 heteroatoms. The third-order valence-electron chi connectivity index (χ3n) is 18.4. The summed E-state index contributed by atoms with van der Waals surface area (Å²) in [5.74, 6) is 7.50. The van der Waals surface area contributed by atoms with Crippen molar-refractivity contribution in [1.82, 2.24) is 0 Å². The lowest BCUT2D eigenvalue weighted by Gasteiger charge is -2.39. The molecule has 1 N–H and O–H groups in total. The molecule has 6 aliphatic rings. The average Bonchev–Trinajstić information content (AvgIpc) is 0.716. The molecule has 0 aliphatic carbocycles. The van der Waals surface area contributed by atoms with Gasteiger partial charge in [0.15, 0.2) is 0 Å². The Morgan fingerprint density at radius 1 is 0.200 bits per heavy atom. The largest absolute Gasteiger partial charge is 0.458 e. The summed E-state index contributed by atoms with van der Waals surface area (Å²) in [4.78, 5) is 6.80. The van der Waals surface area contributed by atoms with Crippen LogP contribution in [0.5, 0.6) is 57.5 Å². The van der Waals surface area contributed by atoms with Gasteiger partial charge in [0, 0.05) is 98.9 Å². The van der Waals surface area contributed by atoms with Crippen LogP contribution >= 0.6 is 0 Å². The van der Waals surface area contributed by atoms with Crippen molar-refractivity contribution in [3.8, 4) is 57.5 Å². The second-order valence-electron chi connectivity index (χ2n) is 23.6. The summed E-state index contributed by atoms with van der Waals surface area (Å²) in [5.41, 5.74) is 20.2. The molecule has 6 heterocycles. The van der Waals surface area contributed by atoms with Crippen molar-refractivity contribution in [1.29, 1.82) is 0 Å². The quantitative estimate of drug-likeness (QED) is 0.142. The molecule has 9 nitrogen and oxygen atoms in total. The van der Waals surface area contributed by atoms with Crippen molar-refractivity contribution in [2.45, 2.75) is 0 Å². The van der Waals surface area contributed by atoms with E-state index in [0.29, 0.717) is 17.2 Å². The molecular formula is C78H49B3N4O5. The summed E-state index contributed by atoms with van der Waals surface area (Å²) in [6.45, 7) is -0.745. The standard InChI is InChI=1S/C78H49B3N4O5/c1-7-23-49(24-8-1)83(50-25-9-2-10-26-50)55-39-65-76-71(40-55)86-66-37-21-19-35-58(66)79(76)60-45-61-68(47-64(60)82-65)88-74-43-57(85(53-31-15-5-16-32-53)54-33-17-6-18-34-54)44-75-78(74)81(61)63-46-62-69(48-70(63)90-75)89-73-42-56(41-72-77(73)80(62)59-36-20-22-38-67(59)87-72)84(51-27-11-3-12-28-51)52-29-13-4-14-30-52/h1-48,82H. The van der Waals surface area contributed by atoms with Gasteiger partial charge in [-0.2, -0.15) is 0 Å². The van der Waals surface area contributed by atoms with Crippen LogP contribution in [0.3, 0.4) is 0 Å². The van der Waals surface area contributed by atoms with Crippen LogP contribution in [0.1, 0.15) is 0 Å². The molecule has 0 atom stereocenters. The van der Waals surface area contributed by atoms with Gasteiger partial charge in [-0.1, -0.05) is 158 Å². The second-order valence-corrected chi connectivity index (χ2v) is 23.6. The Balaban J connectivity index is 0.813. The first-order chi connectivity index (χ1) is 44.6. The third kappa shape index (κ3) is 7.87. The fourth-order valence-corrected chi connectivity index (χ4v) is 14.7. The topological polar surface area (TPSA) is 67.9 Å². The zero-order valence-electron chi connectivity index (χ0n) is 48.3. The Morgan fingerprint density at radius 3 is 0.878 bits per heavy atom. The number of ether oxygens (including phenoxy) is 5. The number of hydrogen-bond acceptors (Lipinski definition) is 9. The van der Waals surface area contributed by atoms with Crippen molar-refractivity contribution >= 4 is 132 Å². The summed E-state index contributed by atoms with van der Waals surface area (Å²) < 4.78 is 36.2. The number of rotatable bonds is 9. The van der Waals surface area contributed by atoms with Crippen LogP contribution in [0.25, 0.3) is 0 Å². The van der Waals surface area contributed by atoms with E-state index in [1.807, 2.05) is 12.1 Å². The fraction of sp³-hybridized carbons (Fsp3) is 0. The first-order valence-electron chi connectivity index (χ1n) is 30.5. The minimum atomic E-state index is -0.332. The van der Waals surface area contributed by atoms with Gasteiger partial charge in [-0.3, -0.25) is 0 Å². The zero-order chi connectivity index (χ0) is 59.0. The Labute approximate surface area is 521 Å². The molecule has 420 valence electrons. The third-order valence-corrected chi connectivity index (χ3v) is 18.4. The van der Waals surface area contributed by atoms with Crippen molar-refractivity contribution in [2.24, 2.45) is 0 Å². The second kappa shape index (κ2) is 19.9. The van der Waals surface area contributed by atoms with Crippen LogP contribution in [-0.2, 0) is 0 Å². The maximum atomic E-state index is 7.45. The SMILES string of the molecule is c1ccc(N(c2ccccc2)c2cc3c4c(c2)Oc2ccccc2B4c2cc4c(cc2N3)Oc2cc(N(c3ccccc3)c3ccccc3)cc3c2B4c2cc4c(cc2O3)Oc2cc(N(c3ccccc3)c3ccccc3)cc3c2B4c2ccccc2O3)cc1. The first-order valence-corrected chi connectivity index (χ1v) is 30.5. The minimum Gasteiger partial charge on any atom is -0.458 e. The van der Waals surface area contributed by atoms with E-state index in [0.717, 1.165) is 152 Å². The Kier molecular flexibility index (Phi) is 11.1. The fourth-order valence-electron chi connectivity index (χ4n) is 14.7. The number of fused-ring (bicyclic) bond motifs is 12. The van der Waals surface area contributed by atoms with Crippen LogP contribution in [0, 0.1) is 0 Å². The highest BCUT2D eigenvalue weighted by molar-refractivity contribution is 7.02. The highest BCUT2D eigenvalue weighted by atomic mass is 16.5. The van der Waals surface area contributed by atoms with Gasteiger partial charge in [0.25, 0.3) is 20.1 Å². The number of nitrogens with zero attached hydrogens (tertiary/aromatic N) is 3. The predicted molar refractivity (Wildman–Crippen MR) is 367 cm³/mol. The van der Waals surface area contributed by atoms with E-state index >= 15 is 0 Å². The van der Waals surface area contributed by atoms with E-state index in [2.05, 4.69) is 299 Å². The van der Waals surface area contributed by atoms with Gasteiger partial charge >= 0.3 is 0 Å². The molecule has 0 aromatic heterocycles. The molecule has 13 aromatic carbocycles. The maximum absolute atomic E-state index is 7.45. The molecule has 0 saturated carbocycles. The van der Waals surface area contributed by atoms with Gasteiger partial charge in [0.2, 0.25) is 0 Å². The van der Waals surface area contributed by atoms with E-state index in [1.54, 1.807) is 0 Å². The van der Waals surface area contributed by atoms with E-state index < -0.39 is 0 Å². The summed E-state index contributed by atoms with van der Waals surface area (Å²) in [6.07, 6.45) is 0. The molecule has 0 bridgehead atoms. The summed E-state index contributed by atoms with van der Waals surface area (Å²) >= 11 is 0. The highest BCUT2D eigenvalue weighted by Gasteiger charge is 2.48. The van der Waals surface area contributed by atoms with Gasteiger partial charge in [-0.15, -0.1) is 0 Å². The molecule has 0 unspecified atom stereocenters. The summed E-state index contributed by atoms with van der Waals surface area (Å²) in [6, 6.07) is 102. The predicted octanol–water partition coefficient (Wildman–Crippen LogP) is 14.2. The van der Waals surface area contributed by atoms with E-state index in [1.165, 1.54) is 0 Å². The highest BCUT2D eigenvalue weighted by Crippen LogP contribution is 2.48. The van der Waals surface area contributed by atoms with Gasteiger partial charge in [0.05, 0.1) is 17.1 Å². The van der Waals surface area contributed by atoms with Crippen molar-refractivity contribution in [3.05, 3.63) is 291 Å².